The third-order valence-corrected chi connectivity index (χ3v) is 2.69. The van der Waals surface area contributed by atoms with Gasteiger partial charge in [-0.1, -0.05) is 24.3 Å². The lowest BCUT2D eigenvalue weighted by Crippen LogP contribution is -2.42. The van der Waals surface area contributed by atoms with Crippen LogP contribution < -0.4 is 10.6 Å². The van der Waals surface area contributed by atoms with E-state index in [-0.39, 0.29) is 11.1 Å². The number of imide groups is 2. The SMILES string of the molecule is O=C(NC(=O)c1ccccc1F)NC(=O)c1ccccc1F. The minimum Gasteiger partial charge on any atom is -0.274 e. The van der Waals surface area contributed by atoms with Gasteiger partial charge in [-0.25, -0.2) is 13.6 Å². The molecular weight excluding hydrogens is 294 g/mol. The van der Waals surface area contributed by atoms with Crippen LogP contribution in [0.4, 0.5) is 13.6 Å². The molecule has 0 spiro atoms. The van der Waals surface area contributed by atoms with Crippen LogP contribution in [-0.2, 0) is 0 Å². The highest BCUT2D eigenvalue weighted by molar-refractivity contribution is 6.11. The van der Waals surface area contributed by atoms with Crippen LogP contribution in [0.15, 0.2) is 48.5 Å². The topological polar surface area (TPSA) is 75.3 Å². The van der Waals surface area contributed by atoms with Gasteiger partial charge in [-0.3, -0.25) is 20.2 Å². The van der Waals surface area contributed by atoms with E-state index in [2.05, 4.69) is 0 Å². The van der Waals surface area contributed by atoms with Crippen LogP contribution in [0.25, 0.3) is 0 Å². The molecule has 7 heteroatoms. The number of benzene rings is 2. The standard InChI is InChI=1S/C15H10F2N2O3/c16-11-7-3-1-5-9(11)13(20)18-15(22)19-14(21)10-6-2-4-8-12(10)17/h1-8H,(H2,18,19,20,21,22). The molecule has 5 nitrogen and oxygen atoms in total. The lowest BCUT2D eigenvalue weighted by Gasteiger charge is -2.07. The molecule has 2 aromatic rings. The van der Waals surface area contributed by atoms with Crippen LogP contribution in [0, 0.1) is 11.6 Å². The Morgan fingerprint density at radius 3 is 1.41 bits per heavy atom. The average molecular weight is 304 g/mol. The lowest BCUT2D eigenvalue weighted by atomic mass is 10.2. The summed E-state index contributed by atoms with van der Waals surface area (Å²) in [4.78, 5) is 34.9. The largest absolute Gasteiger partial charge is 0.328 e. The van der Waals surface area contributed by atoms with Gasteiger partial charge in [-0.05, 0) is 24.3 Å². The minimum atomic E-state index is -1.18. The molecule has 4 amide bonds. The zero-order chi connectivity index (χ0) is 16.1. The highest BCUT2D eigenvalue weighted by atomic mass is 19.1. The van der Waals surface area contributed by atoms with Gasteiger partial charge < -0.3 is 0 Å². The van der Waals surface area contributed by atoms with Crippen molar-refractivity contribution in [2.75, 3.05) is 0 Å². The fraction of sp³-hybridized carbons (Fsp3) is 0. The molecule has 0 aliphatic rings. The van der Waals surface area contributed by atoms with Crippen molar-refractivity contribution >= 4 is 17.8 Å². The Morgan fingerprint density at radius 1 is 0.682 bits per heavy atom. The Bertz CT molecular complexity index is 686. The van der Waals surface area contributed by atoms with Crippen LogP contribution in [0.5, 0.6) is 0 Å². The van der Waals surface area contributed by atoms with Gasteiger partial charge in [-0.2, -0.15) is 0 Å². The van der Waals surface area contributed by atoms with Gasteiger partial charge in [0.2, 0.25) is 0 Å². The van der Waals surface area contributed by atoms with Crippen LogP contribution >= 0.6 is 0 Å². The van der Waals surface area contributed by atoms with E-state index in [1.165, 1.54) is 36.4 Å². The van der Waals surface area contributed by atoms with Crippen molar-refractivity contribution in [2.45, 2.75) is 0 Å². The van der Waals surface area contributed by atoms with E-state index in [0.717, 1.165) is 12.1 Å². The zero-order valence-corrected chi connectivity index (χ0v) is 11.1. The molecule has 0 aromatic heterocycles. The molecule has 2 rings (SSSR count). The summed E-state index contributed by atoms with van der Waals surface area (Å²) in [5.41, 5.74) is -0.702. The minimum absolute atomic E-state index is 0.351. The molecule has 112 valence electrons. The monoisotopic (exact) mass is 304 g/mol. The number of amides is 4. The normalized spacial score (nSPS) is 9.91. The first-order valence-electron chi connectivity index (χ1n) is 6.15. The van der Waals surface area contributed by atoms with E-state index in [9.17, 15) is 23.2 Å². The van der Waals surface area contributed by atoms with E-state index in [1.54, 1.807) is 10.6 Å². The van der Waals surface area contributed by atoms with Crippen molar-refractivity contribution in [2.24, 2.45) is 0 Å². The first kappa shape index (κ1) is 15.3. The van der Waals surface area contributed by atoms with Gasteiger partial charge in [0.1, 0.15) is 11.6 Å². The summed E-state index contributed by atoms with van der Waals surface area (Å²) in [6.07, 6.45) is 0. The maximum Gasteiger partial charge on any atom is 0.328 e. The second-order valence-electron chi connectivity index (χ2n) is 4.20. The lowest BCUT2D eigenvalue weighted by molar-refractivity contribution is 0.0941. The van der Waals surface area contributed by atoms with Crippen molar-refractivity contribution in [1.29, 1.82) is 0 Å². The molecule has 2 aromatic carbocycles. The third-order valence-electron chi connectivity index (χ3n) is 2.69. The molecular formula is C15H10F2N2O3. The van der Waals surface area contributed by atoms with E-state index in [4.69, 9.17) is 0 Å². The highest BCUT2D eigenvalue weighted by Crippen LogP contribution is 2.07. The van der Waals surface area contributed by atoms with Crippen molar-refractivity contribution in [1.82, 2.24) is 10.6 Å². The maximum absolute atomic E-state index is 13.4. The molecule has 0 saturated heterocycles. The van der Waals surface area contributed by atoms with Crippen molar-refractivity contribution in [3.63, 3.8) is 0 Å². The first-order valence-corrected chi connectivity index (χ1v) is 6.15. The number of hydrogen-bond donors (Lipinski definition) is 2. The molecule has 0 heterocycles. The molecule has 0 unspecified atom stereocenters. The van der Waals surface area contributed by atoms with Gasteiger partial charge in [0.25, 0.3) is 11.8 Å². The molecule has 0 bridgehead atoms. The first-order chi connectivity index (χ1) is 10.5. The average Bonchev–Trinajstić information content (AvgIpc) is 2.47. The number of hydrogen-bond acceptors (Lipinski definition) is 3. The molecule has 22 heavy (non-hydrogen) atoms. The number of carbonyl (C=O) groups excluding carboxylic acids is 3. The molecule has 0 aliphatic carbocycles. The summed E-state index contributed by atoms with van der Waals surface area (Å²) in [6.45, 7) is 0. The predicted octanol–water partition coefficient (Wildman–Crippen LogP) is 2.24. The summed E-state index contributed by atoms with van der Waals surface area (Å²) in [5, 5.41) is 3.57. The van der Waals surface area contributed by atoms with Gasteiger partial charge in [0.15, 0.2) is 0 Å². The Hall–Kier alpha value is -3.09. The summed E-state index contributed by atoms with van der Waals surface area (Å²) in [6, 6.07) is 8.88. The Morgan fingerprint density at radius 2 is 1.05 bits per heavy atom. The highest BCUT2D eigenvalue weighted by Gasteiger charge is 2.18. The fourth-order valence-electron chi connectivity index (χ4n) is 1.66. The molecule has 0 atom stereocenters. The Labute approximate surface area is 123 Å². The van der Waals surface area contributed by atoms with Crippen molar-refractivity contribution in [3.8, 4) is 0 Å². The second-order valence-corrected chi connectivity index (χ2v) is 4.20. The van der Waals surface area contributed by atoms with Gasteiger partial charge >= 0.3 is 6.03 Å². The van der Waals surface area contributed by atoms with Gasteiger partial charge in [-0.15, -0.1) is 0 Å². The van der Waals surface area contributed by atoms with Crippen LogP contribution in [0.2, 0.25) is 0 Å². The number of halogens is 2. The predicted molar refractivity (Wildman–Crippen MR) is 73.1 cm³/mol. The Balaban J connectivity index is 2.02. The zero-order valence-electron chi connectivity index (χ0n) is 11.1. The van der Waals surface area contributed by atoms with Crippen molar-refractivity contribution < 1.29 is 23.2 Å². The van der Waals surface area contributed by atoms with Crippen LogP contribution in [0.3, 0.4) is 0 Å². The second kappa shape index (κ2) is 6.57. The quantitative estimate of drug-likeness (QED) is 0.893. The number of carbonyl (C=O) groups is 3. The summed E-state index contributed by atoms with van der Waals surface area (Å²) in [7, 11) is 0. The van der Waals surface area contributed by atoms with E-state index >= 15 is 0 Å². The molecule has 0 fully saturated rings. The van der Waals surface area contributed by atoms with Crippen LogP contribution in [0.1, 0.15) is 20.7 Å². The van der Waals surface area contributed by atoms with Gasteiger partial charge in [0.05, 0.1) is 11.1 Å². The number of nitrogens with one attached hydrogen (secondary N) is 2. The summed E-state index contributed by atoms with van der Waals surface area (Å²) < 4.78 is 26.7. The smallest absolute Gasteiger partial charge is 0.274 e. The third kappa shape index (κ3) is 3.51. The number of urea groups is 1. The van der Waals surface area contributed by atoms with E-state index in [1.807, 2.05) is 0 Å². The molecule has 0 saturated carbocycles. The molecule has 0 radical (unpaired) electrons. The van der Waals surface area contributed by atoms with Crippen molar-refractivity contribution in [3.05, 3.63) is 71.3 Å². The number of rotatable bonds is 2. The van der Waals surface area contributed by atoms with E-state index in [0.29, 0.717) is 0 Å². The maximum atomic E-state index is 13.4. The van der Waals surface area contributed by atoms with Crippen LogP contribution in [-0.4, -0.2) is 17.8 Å². The molecule has 0 aliphatic heterocycles. The Kier molecular flexibility index (Phi) is 4.57. The van der Waals surface area contributed by atoms with E-state index < -0.39 is 29.5 Å². The summed E-state index contributed by atoms with van der Waals surface area (Å²) >= 11 is 0. The fourth-order valence-corrected chi connectivity index (χ4v) is 1.66. The summed E-state index contributed by atoms with van der Waals surface area (Å²) in [5.74, 6) is -3.66. The molecule has 2 N–H and O–H groups in total. The van der Waals surface area contributed by atoms with Gasteiger partial charge in [0, 0.05) is 0 Å².